The molecule has 1 aromatic rings. The monoisotopic (exact) mass is 302 g/mol. The van der Waals surface area contributed by atoms with Crippen LogP contribution in [0.1, 0.15) is 25.3 Å². The van der Waals surface area contributed by atoms with Crippen molar-refractivity contribution in [3.63, 3.8) is 0 Å². The molecule has 0 unspecified atom stereocenters. The van der Waals surface area contributed by atoms with Gasteiger partial charge in [0.25, 0.3) is 0 Å². The first-order valence-electron chi connectivity index (χ1n) is 8.37. The van der Waals surface area contributed by atoms with Gasteiger partial charge in [-0.05, 0) is 31.4 Å². The third-order valence-electron chi connectivity index (χ3n) is 4.37. The Bertz CT molecular complexity index is 449. The third-order valence-corrected chi connectivity index (χ3v) is 4.37. The van der Waals surface area contributed by atoms with E-state index in [0.717, 1.165) is 44.6 Å². The first kappa shape index (κ1) is 16.8. The van der Waals surface area contributed by atoms with Crippen LogP contribution >= 0.6 is 0 Å². The number of guanidine groups is 1. The highest BCUT2D eigenvalue weighted by Crippen LogP contribution is 2.15. The molecule has 4 nitrogen and oxygen atoms in total. The van der Waals surface area contributed by atoms with Gasteiger partial charge >= 0.3 is 0 Å². The highest BCUT2D eigenvalue weighted by atomic mass is 15.3. The second kappa shape index (κ2) is 8.79. The van der Waals surface area contributed by atoms with Gasteiger partial charge in [-0.2, -0.15) is 0 Å². The number of likely N-dealkylation sites (tertiary alicyclic amines) is 1. The van der Waals surface area contributed by atoms with Crippen LogP contribution in [0.5, 0.6) is 0 Å². The lowest BCUT2D eigenvalue weighted by Gasteiger charge is -2.33. The summed E-state index contributed by atoms with van der Waals surface area (Å²) in [4.78, 5) is 9.16. The quantitative estimate of drug-likeness (QED) is 0.669. The summed E-state index contributed by atoms with van der Waals surface area (Å²) in [5.41, 5.74) is 1.36. The summed E-state index contributed by atoms with van der Waals surface area (Å²) in [6, 6.07) is 10.6. The van der Waals surface area contributed by atoms with Crippen LogP contribution in [0.4, 0.5) is 0 Å². The normalized spacial score (nSPS) is 17.1. The second-order valence-corrected chi connectivity index (χ2v) is 6.37. The van der Waals surface area contributed by atoms with Gasteiger partial charge in [-0.25, -0.2) is 0 Å². The molecule has 1 aromatic carbocycles. The highest BCUT2D eigenvalue weighted by Gasteiger charge is 2.18. The molecule has 0 amide bonds. The lowest BCUT2D eigenvalue weighted by molar-refractivity contribution is 0.270. The Morgan fingerprint density at radius 1 is 1.27 bits per heavy atom. The van der Waals surface area contributed by atoms with Gasteiger partial charge in [-0.3, -0.25) is 4.99 Å². The summed E-state index contributed by atoms with van der Waals surface area (Å²) in [6.45, 7) is 7.52. The summed E-state index contributed by atoms with van der Waals surface area (Å²) in [5.74, 6) is 1.91. The number of hydrogen-bond acceptors (Lipinski definition) is 2. The molecule has 0 bridgehead atoms. The standard InChI is InChI=1S/C18H30N4/c1-16-9-12-22(13-10-16)18(19-2)20-11-14-21(3)15-17-7-5-4-6-8-17/h4-8,16H,9-15H2,1-3H3,(H,19,20). The third kappa shape index (κ3) is 5.34. The summed E-state index contributed by atoms with van der Waals surface area (Å²) in [6.07, 6.45) is 2.54. The number of likely N-dealkylation sites (N-methyl/N-ethyl adjacent to an activating group) is 1. The predicted molar refractivity (Wildman–Crippen MR) is 94.1 cm³/mol. The van der Waals surface area contributed by atoms with Crippen molar-refractivity contribution in [2.45, 2.75) is 26.3 Å². The van der Waals surface area contributed by atoms with Gasteiger partial charge in [0.05, 0.1) is 0 Å². The molecule has 2 rings (SSSR count). The van der Waals surface area contributed by atoms with Gasteiger partial charge in [0.2, 0.25) is 0 Å². The minimum Gasteiger partial charge on any atom is -0.355 e. The van der Waals surface area contributed by atoms with Crippen molar-refractivity contribution in [3.8, 4) is 0 Å². The van der Waals surface area contributed by atoms with Gasteiger partial charge in [0, 0.05) is 39.8 Å². The molecule has 4 heteroatoms. The highest BCUT2D eigenvalue weighted by molar-refractivity contribution is 5.79. The van der Waals surface area contributed by atoms with Crippen molar-refractivity contribution in [3.05, 3.63) is 35.9 Å². The number of nitrogens with one attached hydrogen (secondary N) is 1. The Labute approximate surface area is 135 Å². The van der Waals surface area contributed by atoms with Crippen molar-refractivity contribution < 1.29 is 0 Å². The summed E-state index contributed by atoms with van der Waals surface area (Å²) in [5, 5.41) is 3.50. The maximum absolute atomic E-state index is 4.43. The van der Waals surface area contributed by atoms with Crippen LogP contribution in [0.3, 0.4) is 0 Å². The summed E-state index contributed by atoms with van der Waals surface area (Å²) < 4.78 is 0. The van der Waals surface area contributed by atoms with E-state index >= 15 is 0 Å². The maximum Gasteiger partial charge on any atom is 0.193 e. The lowest BCUT2D eigenvalue weighted by atomic mass is 10.00. The van der Waals surface area contributed by atoms with E-state index < -0.39 is 0 Å². The Kier molecular flexibility index (Phi) is 6.72. The second-order valence-electron chi connectivity index (χ2n) is 6.37. The molecule has 122 valence electrons. The molecular weight excluding hydrogens is 272 g/mol. The van der Waals surface area contributed by atoms with E-state index in [1.807, 2.05) is 7.05 Å². The molecule has 1 N–H and O–H groups in total. The summed E-state index contributed by atoms with van der Waals surface area (Å²) >= 11 is 0. The largest absolute Gasteiger partial charge is 0.355 e. The molecule has 1 saturated heterocycles. The Balaban J connectivity index is 1.70. The zero-order chi connectivity index (χ0) is 15.8. The first-order valence-corrected chi connectivity index (χ1v) is 8.37. The van der Waals surface area contributed by atoms with Crippen LogP contribution in [-0.2, 0) is 6.54 Å². The minimum absolute atomic E-state index is 0.853. The zero-order valence-electron chi connectivity index (χ0n) is 14.3. The van der Waals surface area contributed by atoms with Crippen molar-refractivity contribution in [2.24, 2.45) is 10.9 Å². The minimum atomic E-state index is 0.853. The molecule has 0 atom stereocenters. The number of rotatable bonds is 5. The van der Waals surface area contributed by atoms with Crippen LogP contribution < -0.4 is 5.32 Å². The maximum atomic E-state index is 4.43. The van der Waals surface area contributed by atoms with E-state index in [9.17, 15) is 0 Å². The van der Waals surface area contributed by atoms with E-state index in [-0.39, 0.29) is 0 Å². The van der Waals surface area contributed by atoms with Crippen LogP contribution in [0, 0.1) is 5.92 Å². The molecule has 0 aliphatic carbocycles. The van der Waals surface area contributed by atoms with Gasteiger partial charge in [0.15, 0.2) is 5.96 Å². The smallest absolute Gasteiger partial charge is 0.193 e. The molecule has 0 saturated carbocycles. The fourth-order valence-corrected chi connectivity index (χ4v) is 2.89. The molecular formula is C18H30N4. The number of hydrogen-bond donors (Lipinski definition) is 1. The van der Waals surface area contributed by atoms with Crippen molar-refractivity contribution >= 4 is 5.96 Å². The first-order chi connectivity index (χ1) is 10.7. The molecule has 1 fully saturated rings. The molecule has 1 heterocycles. The zero-order valence-corrected chi connectivity index (χ0v) is 14.3. The van der Waals surface area contributed by atoms with E-state index in [1.165, 1.54) is 18.4 Å². The molecule has 1 aliphatic heterocycles. The van der Waals surface area contributed by atoms with Crippen molar-refractivity contribution in [1.29, 1.82) is 0 Å². The molecule has 0 aromatic heterocycles. The van der Waals surface area contributed by atoms with E-state index in [4.69, 9.17) is 0 Å². The number of aliphatic imine (C=N–C) groups is 1. The Morgan fingerprint density at radius 2 is 1.95 bits per heavy atom. The van der Waals surface area contributed by atoms with Crippen LogP contribution in [0.15, 0.2) is 35.3 Å². The van der Waals surface area contributed by atoms with Crippen molar-refractivity contribution in [2.75, 3.05) is 40.3 Å². The fraction of sp³-hybridized carbons (Fsp3) is 0.611. The fourth-order valence-electron chi connectivity index (χ4n) is 2.89. The van der Waals surface area contributed by atoms with Gasteiger partial charge in [-0.15, -0.1) is 0 Å². The number of benzene rings is 1. The van der Waals surface area contributed by atoms with Gasteiger partial charge in [0.1, 0.15) is 0 Å². The number of piperidine rings is 1. The van der Waals surface area contributed by atoms with E-state index in [1.54, 1.807) is 0 Å². The van der Waals surface area contributed by atoms with Crippen LogP contribution in [0.2, 0.25) is 0 Å². The molecule has 0 spiro atoms. The summed E-state index contributed by atoms with van der Waals surface area (Å²) in [7, 11) is 4.05. The Morgan fingerprint density at radius 3 is 2.59 bits per heavy atom. The molecule has 22 heavy (non-hydrogen) atoms. The predicted octanol–water partition coefficient (Wildman–Crippen LogP) is 2.43. The molecule has 1 aliphatic rings. The average molecular weight is 302 g/mol. The average Bonchev–Trinajstić information content (AvgIpc) is 2.54. The van der Waals surface area contributed by atoms with Gasteiger partial charge in [-0.1, -0.05) is 37.3 Å². The lowest BCUT2D eigenvalue weighted by Crippen LogP contribution is -2.46. The van der Waals surface area contributed by atoms with E-state index in [0.29, 0.717) is 0 Å². The topological polar surface area (TPSA) is 30.9 Å². The van der Waals surface area contributed by atoms with Crippen molar-refractivity contribution in [1.82, 2.24) is 15.1 Å². The van der Waals surface area contributed by atoms with Crippen LogP contribution in [0.25, 0.3) is 0 Å². The molecule has 0 radical (unpaired) electrons. The van der Waals surface area contributed by atoms with Gasteiger partial charge < -0.3 is 15.1 Å². The number of nitrogens with zero attached hydrogens (tertiary/aromatic N) is 3. The van der Waals surface area contributed by atoms with E-state index in [2.05, 4.69) is 64.4 Å². The van der Waals surface area contributed by atoms with Crippen LogP contribution in [-0.4, -0.2) is 56.0 Å². The SMILES string of the molecule is CN=C(NCCN(C)Cc1ccccc1)N1CCC(C)CC1. The Hall–Kier alpha value is -1.55.